The number of fused-ring (bicyclic) bond motifs is 1. The van der Waals surface area contributed by atoms with E-state index in [1.807, 2.05) is 30.3 Å². The van der Waals surface area contributed by atoms with Crippen molar-refractivity contribution >= 4 is 11.8 Å². The van der Waals surface area contributed by atoms with E-state index < -0.39 is 5.92 Å². The van der Waals surface area contributed by atoms with Crippen LogP contribution in [0.3, 0.4) is 0 Å². The van der Waals surface area contributed by atoms with Crippen molar-refractivity contribution in [2.45, 2.75) is 58.0 Å². The number of hydrogen-bond donors (Lipinski definition) is 0. The quantitative estimate of drug-likeness (QED) is 0.477. The third kappa shape index (κ3) is 4.76. The minimum absolute atomic E-state index is 0.00359. The fourth-order valence-electron chi connectivity index (χ4n) is 5.32. The summed E-state index contributed by atoms with van der Waals surface area (Å²) in [6, 6.07) is 10.1. The Kier molecular flexibility index (Phi) is 7.18. The zero-order chi connectivity index (χ0) is 20.9. The Balaban J connectivity index is 1.44. The predicted octanol–water partition coefficient (Wildman–Crippen LogP) is 3.52. The average molecular weight is 417 g/mol. The van der Waals surface area contributed by atoms with E-state index in [1.165, 1.54) is 0 Å². The van der Waals surface area contributed by atoms with Crippen molar-refractivity contribution in [3.05, 3.63) is 35.9 Å². The minimum atomic E-state index is -0.660. The molecule has 4 rings (SSSR count). The molecule has 6 nitrogen and oxygen atoms in total. The molecule has 1 aromatic rings. The second-order valence-electron chi connectivity index (χ2n) is 8.60. The van der Waals surface area contributed by atoms with Gasteiger partial charge in [-0.3, -0.25) is 9.59 Å². The second-order valence-corrected chi connectivity index (χ2v) is 8.60. The topological polar surface area (TPSA) is 71.1 Å². The van der Waals surface area contributed by atoms with Gasteiger partial charge in [0, 0.05) is 18.9 Å². The fourth-order valence-corrected chi connectivity index (χ4v) is 5.32. The minimum Gasteiger partial charge on any atom is -0.465 e. The first kappa shape index (κ1) is 21.5. The number of ketones is 1. The number of carbonyl (C=O) groups excluding carboxylic acids is 2. The van der Waals surface area contributed by atoms with Crippen LogP contribution in [0.5, 0.6) is 0 Å². The molecule has 30 heavy (non-hydrogen) atoms. The molecule has 0 N–H and O–H groups in total. The zero-order valence-corrected chi connectivity index (χ0v) is 17.7. The van der Waals surface area contributed by atoms with Crippen LogP contribution >= 0.6 is 0 Å². The first-order valence-corrected chi connectivity index (χ1v) is 11.3. The maximum atomic E-state index is 12.6. The van der Waals surface area contributed by atoms with E-state index in [0.29, 0.717) is 32.7 Å². The molecule has 164 valence electrons. The Morgan fingerprint density at radius 2 is 2.00 bits per heavy atom. The summed E-state index contributed by atoms with van der Waals surface area (Å²) in [6.07, 6.45) is 3.88. The van der Waals surface area contributed by atoms with Crippen molar-refractivity contribution in [3.8, 4) is 0 Å². The summed E-state index contributed by atoms with van der Waals surface area (Å²) in [5, 5.41) is 0. The molecule has 0 radical (unpaired) electrons. The van der Waals surface area contributed by atoms with E-state index in [1.54, 1.807) is 6.92 Å². The van der Waals surface area contributed by atoms with Crippen LogP contribution in [0.1, 0.15) is 44.6 Å². The van der Waals surface area contributed by atoms with Gasteiger partial charge < -0.3 is 18.9 Å². The summed E-state index contributed by atoms with van der Waals surface area (Å²) in [6.45, 7) is 3.83. The van der Waals surface area contributed by atoms with E-state index in [2.05, 4.69) is 0 Å². The van der Waals surface area contributed by atoms with E-state index in [4.69, 9.17) is 18.9 Å². The largest absolute Gasteiger partial charge is 0.465 e. The smallest absolute Gasteiger partial charge is 0.316 e. The lowest BCUT2D eigenvalue weighted by atomic mass is 9.89. The summed E-state index contributed by atoms with van der Waals surface area (Å²) in [7, 11) is 0. The highest BCUT2D eigenvalue weighted by atomic mass is 16.7. The van der Waals surface area contributed by atoms with E-state index >= 15 is 0 Å². The van der Waals surface area contributed by atoms with Crippen molar-refractivity contribution in [1.82, 2.24) is 0 Å². The van der Waals surface area contributed by atoms with Gasteiger partial charge in [-0.25, -0.2) is 0 Å². The Labute approximate surface area is 178 Å². The molecule has 3 fully saturated rings. The summed E-state index contributed by atoms with van der Waals surface area (Å²) in [5.74, 6) is -0.899. The summed E-state index contributed by atoms with van der Waals surface area (Å²) in [5.41, 5.74) is 1.12. The SMILES string of the molecule is CCOC(=O)C1C(=O)C[C@H]2C(COCc3ccccc3)C(OC3CCCCO3)C[C@@H]12. The Bertz CT molecular complexity index is 714. The molecule has 1 aromatic carbocycles. The third-order valence-corrected chi connectivity index (χ3v) is 6.72. The fraction of sp³-hybridized carbons (Fsp3) is 0.667. The lowest BCUT2D eigenvalue weighted by Crippen LogP contribution is -2.34. The average Bonchev–Trinajstić information content (AvgIpc) is 3.24. The normalized spacial score (nSPS) is 33.4. The van der Waals surface area contributed by atoms with Crippen LogP contribution in [0.4, 0.5) is 0 Å². The number of carbonyl (C=O) groups is 2. The molecule has 0 spiro atoms. The molecule has 2 saturated carbocycles. The molecule has 3 aliphatic rings. The maximum absolute atomic E-state index is 12.6. The van der Waals surface area contributed by atoms with Gasteiger partial charge >= 0.3 is 5.97 Å². The van der Waals surface area contributed by atoms with Gasteiger partial charge in [-0.1, -0.05) is 30.3 Å². The second kappa shape index (κ2) is 10.0. The third-order valence-electron chi connectivity index (χ3n) is 6.72. The number of benzene rings is 1. The molecule has 0 bridgehead atoms. The first-order chi connectivity index (χ1) is 14.7. The van der Waals surface area contributed by atoms with Gasteiger partial charge in [0.2, 0.25) is 0 Å². The lowest BCUT2D eigenvalue weighted by Gasteiger charge is -2.30. The number of rotatable bonds is 8. The molecule has 1 saturated heterocycles. The molecular weight excluding hydrogens is 384 g/mol. The van der Waals surface area contributed by atoms with Crippen molar-refractivity contribution < 1.29 is 28.5 Å². The van der Waals surface area contributed by atoms with Crippen LogP contribution in [0.25, 0.3) is 0 Å². The van der Waals surface area contributed by atoms with Crippen LogP contribution in [-0.2, 0) is 35.1 Å². The number of Topliss-reactive ketones (excluding diaryl/α,β-unsaturated/α-hetero) is 1. The number of ether oxygens (including phenoxy) is 4. The van der Waals surface area contributed by atoms with Gasteiger partial charge in [0.05, 0.1) is 25.9 Å². The molecule has 1 heterocycles. The summed E-state index contributed by atoms with van der Waals surface area (Å²) >= 11 is 0. The maximum Gasteiger partial charge on any atom is 0.316 e. The summed E-state index contributed by atoms with van der Waals surface area (Å²) in [4.78, 5) is 25.1. The van der Waals surface area contributed by atoms with Gasteiger partial charge in [-0.05, 0) is 50.0 Å². The molecule has 6 heteroatoms. The number of esters is 1. The monoisotopic (exact) mass is 416 g/mol. The number of hydrogen-bond acceptors (Lipinski definition) is 6. The molecule has 1 aliphatic heterocycles. The van der Waals surface area contributed by atoms with Gasteiger partial charge in [0.25, 0.3) is 0 Å². The molecular formula is C24H32O6. The Morgan fingerprint density at radius 1 is 1.17 bits per heavy atom. The zero-order valence-electron chi connectivity index (χ0n) is 17.7. The standard InChI is InChI=1S/C24H32O6/c1-2-28-24(26)23-18-13-21(30-22-10-6-7-11-29-22)19(17(18)12-20(23)25)15-27-14-16-8-4-3-5-9-16/h3-5,8-9,17-19,21-23H,2,6-7,10-15H2,1H3/t17-,18-,19?,21?,22?,23?/m1/s1. The van der Waals surface area contributed by atoms with Crippen LogP contribution in [0.15, 0.2) is 30.3 Å². The van der Waals surface area contributed by atoms with Gasteiger partial charge in [0.15, 0.2) is 6.29 Å². The Hall–Kier alpha value is -1.76. The van der Waals surface area contributed by atoms with Gasteiger partial charge in [-0.2, -0.15) is 0 Å². The van der Waals surface area contributed by atoms with Crippen LogP contribution in [0, 0.1) is 23.7 Å². The van der Waals surface area contributed by atoms with Crippen molar-refractivity contribution in [2.24, 2.45) is 23.7 Å². The van der Waals surface area contributed by atoms with Crippen molar-refractivity contribution in [2.75, 3.05) is 19.8 Å². The lowest BCUT2D eigenvalue weighted by molar-refractivity contribution is -0.199. The van der Waals surface area contributed by atoms with E-state index in [0.717, 1.165) is 31.4 Å². The van der Waals surface area contributed by atoms with Crippen LogP contribution in [-0.4, -0.2) is 44.0 Å². The van der Waals surface area contributed by atoms with E-state index in [-0.39, 0.29) is 41.9 Å². The molecule has 0 aromatic heterocycles. The molecule has 6 atom stereocenters. The Morgan fingerprint density at radius 3 is 2.73 bits per heavy atom. The first-order valence-electron chi connectivity index (χ1n) is 11.3. The van der Waals surface area contributed by atoms with Crippen LogP contribution < -0.4 is 0 Å². The van der Waals surface area contributed by atoms with E-state index in [9.17, 15) is 9.59 Å². The predicted molar refractivity (Wildman–Crippen MR) is 109 cm³/mol. The highest BCUT2D eigenvalue weighted by Crippen LogP contribution is 2.51. The molecule has 0 amide bonds. The summed E-state index contributed by atoms with van der Waals surface area (Å²) < 4.78 is 23.4. The molecule has 4 unspecified atom stereocenters. The van der Waals surface area contributed by atoms with Crippen molar-refractivity contribution in [3.63, 3.8) is 0 Å². The molecule has 2 aliphatic carbocycles. The van der Waals surface area contributed by atoms with Crippen LogP contribution in [0.2, 0.25) is 0 Å². The van der Waals surface area contributed by atoms with Crippen molar-refractivity contribution in [1.29, 1.82) is 0 Å². The van der Waals surface area contributed by atoms with Gasteiger partial charge in [-0.15, -0.1) is 0 Å². The highest BCUT2D eigenvalue weighted by molar-refractivity contribution is 6.01. The van der Waals surface area contributed by atoms with Gasteiger partial charge in [0.1, 0.15) is 11.7 Å². The highest BCUT2D eigenvalue weighted by Gasteiger charge is 2.57.